The lowest BCUT2D eigenvalue weighted by Gasteiger charge is -2.04. The van der Waals surface area contributed by atoms with Gasteiger partial charge in [0.25, 0.3) is 0 Å². The smallest absolute Gasteiger partial charge is 0.0403 e. The second-order valence-electron chi connectivity index (χ2n) is 3.46. The molecule has 0 aliphatic carbocycles. The molecular formula is C13H17N. The first-order valence-electron chi connectivity index (χ1n) is 4.88. The summed E-state index contributed by atoms with van der Waals surface area (Å²) in [6, 6.07) is 8.53. The highest BCUT2D eigenvalue weighted by Gasteiger charge is 1.98. The molecule has 1 aromatic rings. The normalized spacial score (nSPS) is 13.1. The van der Waals surface area contributed by atoms with Crippen molar-refractivity contribution in [2.45, 2.75) is 27.7 Å². The van der Waals surface area contributed by atoms with Gasteiger partial charge in [-0.1, -0.05) is 29.8 Å². The van der Waals surface area contributed by atoms with Gasteiger partial charge in [0, 0.05) is 11.9 Å². The Balaban J connectivity index is 3.05. The Bertz CT molecular complexity index is 355. The topological polar surface area (TPSA) is 12.4 Å². The van der Waals surface area contributed by atoms with E-state index in [1.807, 2.05) is 20.1 Å². The second-order valence-corrected chi connectivity index (χ2v) is 3.46. The highest BCUT2D eigenvalue weighted by Crippen LogP contribution is 2.18. The maximum absolute atomic E-state index is 4.28. The van der Waals surface area contributed by atoms with Crippen LogP contribution in [0, 0.1) is 6.92 Å². The van der Waals surface area contributed by atoms with Gasteiger partial charge in [0.2, 0.25) is 0 Å². The van der Waals surface area contributed by atoms with Gasteiger partial charge in [0.15, 0.2) is 0 Å². The van der Waals surface area contributed by atoms with Gasteiger partial charge in [-0.05, 0) is 38.8 Å². The van der Waals surface area contributed by atoms with Crippen LogP contribution in [0.5, 0.6) is 0 Å². The van der Waals surface area contributed by atoms with Gasteiger partial charge in [-0.15, -0.1) is 0 Å². The van der Waals surface area contributed by atoms with Crippen LogP contribution >= 0.6 is 0 Å². The van der Waals surface area contributed by atoms with Crippen molar-refractivity contribution in [1.29, 1.82) is 0 Å². The Morgan fingerprint density at radius 3 is 2.21 bits per heavy atom. The molecule has 0 saturated carbocycles. The average molecular weight is 187 g/mol. The SMILES string of the molecule is C/C=N\C(C)=C(/C)c1ccc(C)cc1. The van der Waals surface area contributed by atoms with E-state index in [0.717, 1.165) is 5.70 Å². The summed E-state index contributed by atoms with van der Waals surface area (Å²) in [6.07, 6.45) is 1.83. The Kier molecular flexibility index (Phi) is 3.63. The van der Waals surface area contributed by atoms with Crippen LogP contribution in [0.3, 0.4) is 0 Å². The van der Waals surface area contributed by atoms with Crippen LogP contribution in [0.15, 0.2) is 35.0 Å². The molecule has 0 unspecified atom stereocenters. The standard InChI is InChI=1S/C13H17N/c1-5-14-12(4)11(3)13-8-6-10(2)7-9-13/h5-9H,1-4H3/b12-11+,14-5-. The molecule has 0 fully saturated rings. The molecule has 74 valence electrons. The van der Waals surface area contributed by atoms with Crippen LogP contribution in [-0.4, -0.2) is 6.21 Å². The molecule has 0 aliphatic rings. The van der Waals surface area contributed by atoms with E-state index < -0.39 is 0 Å². The van der Waals surface area contributed by atoms with Crippen LogP contribution in [0.4, 0.5) is 0 Å². The molecule has 1 nitrogen and oxygen atoms in total. The van der Waals surface area contributed by atoms with Crippen LogP contribution in [0.1, 0.15) is 31.9 Å². The molecular weight excluding hydrogens is 170 g/mol. The summed E-state index contributed by atoms with van der Waals surface area (Å²) in [5.41, 5.74) is 4.86. The summed E-state index contributed by atoms with van der Waals surface area (Å²) in [4.78, 5) is 4.28. The summed E-state index contributed by atoms with van der Waals surface area (Å²) < 4.78 is 0. The lowest BCUT2D eigenvalue weighted by molar-refractivity contribution is 1.29. The van der Waals surface area contributed by atoms with Crippen molar-refractivity contribution in [2.24, 2.45) is 4.99 Å². The van der Waals surface area contributed by atoms with Crippen molar-refractivity contribution in [1.82, 2.24) is 0 Å². The highest BCUT2D eigenvalue weighted by molar-refractivity contribution is 5.69. The minimum atomic E-state index is 1.08. The van der Waals surface area contributed by atoms with Crippen LogP contribution < -0.4 is 0 Å². The molecule has 0 heterocycles. The minimum absolute atomic E-state index is 1.08. The second kappa shape index (κ2) is 4.75. The van der Waals surface area contributed by atoms with Crippen LogP contribution in [0.25, 0.3) is 5.57 Å². The molecule has 0 aromatic heterocycles. The molecule has 0 aliphatic heterocycles. The number of allylic oxidation sites excluding steroid dienone is 2. The first-order valence-corrected chi connectivity index (χ1v) is 4.88. The summed E-state index contributed by atoms with van der Waals surface area (Å²) in [5, 5.41) is 0. The van der Waals surface area contributed by atoms with E-state index >= 15 is 0 Å². The first kappa shape index (κ1) is 10.7. The van der Waals surface area contributed by atoms with Crippen molar-refractivity contribution in [3.8, 4) is 0 Å². The molecule has 0 amide bonds. The largest absolute Gasteiger partial charge is 0.266 e. The van der Waals surface area contributed by atoms with E-state index in [1.165, 1.54) is 16.7 Å². The van der Waals surface area contributed by atoms with Crippen molar-refractivity contribution in [3.05, 3.63) is 41.1 Å². The third-order valence-corrected chi connectivity index (χ3v) is 2.35. The maximum atomic E-state index is 4.28. The van der Waals surface area contributed by atoms with E-state index in [9.17, 15) is 0 Å². The molecule has 1 aromatic carbocycles. The number of nitrogens with zero attached hydrogens (tertiary/aromatic N) is 1. The third-order valence-electron chi connectivity index (χ3n) is 2.35. The number of rotatable bonds is 2. The van der Waals surface area contributed by atoms with E-state index in [2.05, 4.69) is 43.1 Å². The Morgan fingerprint density at radius 2 is 1.71 bits per heavy atom. The summed E-state index contributed by atoms with van der Waals surface area (Å²) in [6.45, 7) is 8.17. The van der Waals surface area contributed by atoms with E-state index in [0.29, 0.717) is 0 Å². The van der Waals surface area contributed by atoms with Crippen LogP contribution in [-0.2, 0) is 0 Å². The number of aliphatic imine (C=N–C) groups is 1. The summed E-state index contributed by atoms with van der Waals surface area (Å²) in [7, 11) is 0. The maximum Gasteiger partial charge on any atom is 0.0403 e. The Hall–Kier alpha value is -1.37. The van der Waals surface area contributed by atoms with Crippen molar-refractivity contribution in [2.75, 3.05) is 0 Å². The first-order chi connectivity index (χ1) is 6.65. The quantitative estimate of drug-likeness (QED) is 0.624. The van der Waals surface area contributed by atoms with E-state index in [4.69, 9.17) is 0 Å². The lowest BCUT2D eigenvalue weighted by Crippen LogP contribution is -1.83. The zero-order valence-corrected chi connectivity index (χ0v) is 9.33. The summed E-state index contributed by atoms with van der Waals surface area (Å²) >= 11 is 0. The van der Waals surface area contributed by atoms with Gasteiger partial charge in [-0.3, -0.25) is 4.99 Å². The molecule has 0 bridgehead atoms. The molecule has 0 spiro atoms. The number of benzene rings is 1. The predicted molar refractivity (Wildman–Crippen MR) is 63.6 cm³/mol. The van der Waals surface area contributed by atoms with Crippen molar-refractivity contribution in [3.63, 3.8) is 0 Å². The molecule has 0 saturated heterocycles. The Morgan fingerprint density at radius 1 is 1.14 bits per heavy atom. The molecule has 14 heavy (non-hydrogen) atoms. The van der Waals surface area contributed by atoms with Gasteiger partial charge in [-0.25, -0.2) is 0 Å². The number of hydrogen-bond donors (Lipinski definition) is 0. The average Bonchev–Trinajstić information content (AvgIpc) is 2.18. The van der Waals surface area contributed by atoms with Gasteiger partial charge in [0.1, 0.15) is 0 Å². The van der Waals surface area contributed by atoms with Crippen molar-refractivity contribution >= 4 is 11.8 Å². The monoisotopic (exact) mass is 187 g/mol. The van der Waals surface area contributed by atoms with E-state index in [1.54, 1.807) is 0 Å². The third kappa shape index (κ3) is 2.56. The fourth-order valence-electron chi connectivity index (χ4n) is 1.30. The van der Waals surface area contributed by atoms with Gasteiger partial charge < -0.3 is 0 Å². The lowest BCUT2D eigenvalue weighted by atomic mass is 10.0. The number of hydrogen-bond acceptors (Lipinski definition) is 1. The van der Waals surface area contributed by atoms with Crippen LogP contribution in [0.2, 0.25) is 0 Å². The molecule has 0 N–H and O–H groups in total. The number of aryl methyl sites for hydroxylation is 1. The molecule has 1 rings (SSSR count). The zero-order valence-electron chi connectivity index (χ0n) is 9.33. The van der Waals surface area contributed by atoms with Crippen molar-refractivity contribution < 1.29 is 0 Å². The minimum Gasteiger partial charge on any atom is -0.266 e. The fraction of sp³-hybridized carbons (Fsp3) is 0.308. The fourth-order valence-corrected chi connectivity index (χ4v) is 1.30. The predicted octanol–water partition coefficient (Wildman–Crippen LogP) is 3.84. The van der Waals surface area contributed by atoms with Gasteiger partial charge >= 0.3 is 0 Å². The molecule has 1 heteroatoms. The molecule has 0 atom stereocenters. The zero-order chi connectivity index (χ0) is 10.6. The van der Waals surface area contributed by atoms with E-state index in [-0.39, 0.29) is 0 Å². The van der Waals surface area contributed by atoms with Gasteiger partial charge in [0.05, 0.1) is 0 Å². The molecule has 0 radical (unpaired) electrons. The van der Waals surface area contributed by atoms with Gasteiger partial charge in [-0.2, -0.15) is 0 Å². The highest BCUT2D eigenvalue weighted by atomic mass is 14.7. The summed E-state index contributed by atoms with van der Waals surface area (Å²) in [5.74, 6) is 0. The Labute approximate surface area is 86.2 Å².